The first-order valence-corrected chi connectivity index (χ1v) is 6.38. The lowest BCUT2D eigenvalue weighted by atomic mass is 10.2. The molecule has 0 radical (unpaired) electrons. The van der Waals surface area contributed by atoms with E-state index >= 15 is 0 Å². The summed E-state index contributed by atoms with van der Waals surface area (Å²) in [5.74, 6) is 1.28. The molecule has 0 saturated heterocycles. The Morgan fingerprint density at radius 1 is 1.43 bits per heavy atom. The van der Waals surface area contributed by atoms with E-state index in [2.05, 4.69) is 20.5 Å². The standard InChI is InChI=1S/C14H16N4O3/c1-3-21-11-6-4-10(8-12(11)20-2)5-7-13(19)17-14-15-9-16-18-14/h4-9H,3H2,1-2H3,(H2,15,16,17,18,19)/b7-5+. The first-order valence-electron chi connectivity index (χ1n) is 6.38. The molecule has 2 rings (SSSR count). The lowest BCUT2D eigenvalue weighted by Gasteiger charge is -2.09. The van der Waals surface area contributed by atoms with Crippen molar-refractivity contribution in [1.82, 2.24) is 15.2 Å². The van der Waals surface area contributed by atoms with Crippen LogP contribution in [0.15, 0.2) is 30.6 Å². The van der Waals surface area contributed by atoms with E-state index in [1.54, 1.807) is 25.3 Å². The van der Waals surface area contributed by atoms with Crippen molar-refractivity contribution < 1.29 is 14.3 Å². The molecule has 1 amide bonds. The second-order valence-corrected chi connectivity index (χ2v) is 4.00. The number of nitrogens with zero attached hydrogens (tertiary/aromatic N) is 2. The zero-order valence-corrected chi connectivity index (χ0v) is 11.8. The van der Waals surface area contributed by atoms with Gasteiger partial charge in [-0.15, -0.1) is 0 Å². The molecule has 0 spiro atoms. The number of hydrogen-bond acceptors (Lipinski definition) is 5. The Morgan fingerprint density at radius 3 is 2.95 bits per heavy atom. The topological polar surface area (TPSA) is 89.1 Å². The van der Waals surface area contributed by atoms with E-state index in [4.69, 9.17) is 9.47 Å². The fourth-order valence-corrected chi connectivity index (χ4v) is 1.66. The number of anilines is 1. The monoisotopic (exact) mass is 288 g/mol. The van der Waals surface area contributed by atoms with Crippen molar-refractivity contribution in [2.75, 3.05) is 19.0 Å². The molecular weight excluding hydrogens is 272 g/mol. The van der Waals surface area contributed by atoms with Crippen molar-refractivity contribution in [3.05, 3.63) is 36.2 Å². The van der Waals surface area contributed by atoms with Gasteiger partial charge in [0, 0.05) is 6.08 Å². The highest BCUT2D eigenvalue weighted by Crippen LogP contribution is 2.28. The normalized spacial score (nSPS) is 10.6. The number of carbonyl (C=O) groups excluding carboxylic acids is 1. The van der Waals surface area contributed by atoms with Crippen molar-refractivity contribution in [2.24, 2.45) is 0 Å². The Balaban J connectivity index is 2.04. The molecule has 0 aliphatic carbocycles. The molecule has 0 bridgehead atoms. The van der Waals surface area contributed by atoms with Crippen molar-refractivity contribution in [3.63, 3.8) is 0 Å². The van der Waals surface area contributed by atoms with Crippen LogP contribution in [-0.4, -0.2) is 34.8 Å². The summed E-state index contributed by atoms with van der Waals surface area (Å²) in [6, 6.07) is 5.44. The van der Waals surface area contributed by atoms with E-state index < -0.39 is 0 Å². The molecule has 0 aliphatic rings. The van der Waals surface area contributed by atoms with Gasteiger partial charge in [0.25, 0.3) is 5.91 Å². The van der Waals surface area contributed by atoms with Crippen molar-refractivity contribution in [3.8, 4) is 11.5 Å². The second-order valence-electron chi connectivity index (χ2n) is 4.00. The summed E-state index contributed by atoms with van der Waals surface area (Å²) in [6.45, 7) is 2.46. The Labute approximate surface area is 122 Å². The van der Waals surface area contributed by atoms with Crippen molar-refractivity contribution in [2.45, 2.75) is 6.92 Å². The molecule has 2 N–H and O–H groups in total. The molecule has 0 fully saturated rings. The van der Waals surface area contributed by atoms with Gasteiger partial charge in [-0.2, -0.15) is 10.1 Å². The molecule has 7 heteroatoms. The molecule has 7 nitrogen and oxygen atoms in total. The van der Waals surface area contributed by atoms with Crippen LogP contribution >= 0.6 is 0 Å². The minimum Gasteiger partial charge on any atom is -0.493 e. The van der Waals surface area contributed by atoms with E-state index in [1.165, 1.54) is 12.4 Å². The number of rotatable bonds is 6. The number of ether oxygens (including phenoxy) is 2. The number of hydrogen-bond donors (Lipinski definition) is 2. The third-order valence-corrected chi connectivity index (χ3v) is 2.57. The highest BCUT2D eigenvalue weighted by atomic mass is 16.5. The number of aromatic nitrogens is 3. The van der Waals surface area contributed by atoms with Crippen LogP contribution in [0.5, 0.6) is 11.5 Å². The summed E-state index contributed by atoms with van der Waals surface area (Å²) in [5.41, 5.74) is 0.822. The summed E-state index contributed by atoms with van der Waals surface area (Å²) < 4.78 is 10.7. The summed E-state index contributed by atoms with van der Waals surface area (Å²) >= 11 is 0. The van der Waals surface area contributed by atoms with Crippen molar-refractivity contribution >= 4 is 17.9 Å². The lowest BCUT2D eigenvalue weighted by Crippen LogP contribution is -2.08. The third kappa shape index (κ3) is 4.07. The molecule has 0 aliphatic heterocycles. The van der Waals surface area contributed by atoms with E-state index in [9.17, 15) is 4.79 Å². The molecule has 1 heterocycles. The van der Waals surface area contributed by atoms with Crippen LogP contribution in [0.2, 0.25) is 0 Å². The largest absolute Gasteiger partial charge is 0.493 e. The SMILES string of the molecule is CCOc1ccc(/C=C/C(=O)Nc2ncn[nH]2)cc1OC. The average molecular weight is 288 g/mol. The molecule has 2 aromatic rings. The number of amides is 1. The smallest absolute Gasteiger partial charge is 0.250 e. The first-order chi connectivity index (χ1) is 10.2. The highest BCUT2D eigenvalue weighted by Gasteiger charge is 2.04. The fourth-order valence-electron chi connectivity index (χ4n) is 1.66. The predicted molar refractivity (Wildman–Crippen MR) is 78.2 cm³/mol. The number of nitrogens with one attached hydrogen (secondary N) is 2. The van der Waals surface area contributed by atoms with Gasteiger partial charge in [0.05, 0.1) is 13.7 Å². The summed E-state index contributed by atoms with van der Waals surface area (Å²) in [4.78, 5) is 15.5. The number of benzene rings is 1. The Bertz CT molecular complexity index is 623. The average Bonchev–Trinajstić information content (AvgIpc) is 2.99. The Kier molecular flexibility index (Phi) is 4.92. The maximum atomic E-state index is 11.7. The predicted octanol–water partition coefficient (Wildman–Crippen LogP) is 1.86. The van der Waals surface area contributed by atoms with Crippen molar-refractivity contribution in [1.29, 1.82) is 0 Å². The molecule has 0 unspecified atom stereocenters. The third-order valence-electron chi connectivity index (χ3n) is 2.57. The first kappa shape index (κ1) is 14.6. The lowest BCUT2D eigenvalue weighted by molar-refractivity contribution is -0.111. The fraction of sp³-hybridized carbons (Fsp3) is 0.214. The van der Waals surface area contributed by atoms with E-state index in [0.29, 0.717) is 24.1 Å². The number of carbonyl (C=O) groups is 1. The molecule has 1 aromatic heterocycles. The zero-order chi connectivity index (χ0) is 15.1. The summed E-state index contributed by atoms with van der Waals surface area (Å²) in [5, 5.41) is 8.72. The van der Waals surface area contributed by atoms with Gasteiger partial charge in [-0.05, 0) is 30.7 Å². The molecule has 21 heavy (non-hydrogen) atoms. The molecule has 0 atom stereocenters. The van der Waals surface area contributed by atoms with E-state index in [1.807, 2.05) is 13.0 Å². The number of methoxy groups -OCH3 is 1. The Morgan fingerprint density at radius 2 is 2.29 bits per heavy atom. The van der Waals surface area contributed by atoms with Crippen LogP contribution in [0.1, 0.15) is 12.5 Å². The quantitative estimate of drug-likeness (QED) is 0.792. The van der Waals surface area contributed by atoms with Gasteiger partial charge < -0.3 is 9.47 Å². The van der Waals surface area contributed by atoms with Crippen LogP contribution in [0.3, 0.4) is 0 Å². The van der Waals surface area contributed by atoms with Crippen LogP contribution < -0.4 is 14.8 Å². The molecule has 0 saturated carbocycles. The zero-order valence-electron chi connectivity index (χ0n) is 11.8. The van der Waals surface area contributed by atoms with Gasteiger partial charge >= 0.3 is 0 Å². The molecular formula is C14H16N4O3. The van der Waals surface area contributed by atoms with E-state index in [0.717, 1.165) is 5.56 Å². The summed E-state index contributed by atoms with van der Waals surface area (Å²) in [7, 11) is 1.57. The maximum absolute atomic E-state index is 11.7. The summed E-state index contributed by atoms with van der Waals surface area (Å²) in [6.07, 6.45) is 4.39. The maximum Gasteiger partial charge on any atom is 0.250 e. The van der Waals surface area contributed by atoms with Crippen LogP contribution in [-0.2, 0) is 4.79 Å². The van der Waals surface area contributed by atoms with Gasteiger partial charge in [-0.1, -0.05) is 6.07 Å². The van der Waals surface area contributed by atoms with Crippen LogP contribution in [0, 0.1) is 0 Å². The highest BCUT2D eigenvalue weighted by molar-refractivity contribution is 6.00. The second kappa shape index (κ2) is 7.09. The van der Waals surface area contributed by atoms with E-state index in [-0.39, 0.29) is 5.91 Å². The molecule has 1 aromatic carbocycles. The minimum atomic E-state index is -0.306. The van der Waals surface area contributed by atoms with Crippen LogP contribution in [0.25, 0.3) is 6.08 Å². The number of aromatic amines is 1. The van der Waals surface area contributed by atoms with Gasteiger partial charge in [0.1, 0.15) is 6.33 Å². The molecule has 110 valence electrons. The number of H-pyrrole nitrogens is 1. The minimum absolute atomic E-state index is 0.300. The van der Waals surface area contributed by atoms with Gasteiger partial charge in [0.2, 0.25) is 5.95 Å². The van der Waals surface area contributed by atoms with Gasteiger partial charge in [-0.25, -0.2) is 5.10 Å². The Hall–Kier alpha value is -2.83. The van der Waals surface area contributed by atoms with Crippen LogP contribution in [0.4, 0.5) is 5.95 Å². The van der Waals surface area contributed by atoms with Gasteiger partial charge in [-0.3, -0.25) is 10.1 Å². The van der Waals surface area contributed by atoms with Gasteiger partial charge in [0.15, 0.2) is 11.5 Å².